The van der Waals surface area contributed by atoms with Gasteiger partial charge < -0.3 is 9.80 Å². The number of nitrogens with zero attached hydrogens (tertiary/aromatic N) is 5. The van der Waals surface area contributed by atoms with E-state index >= 15 is 0 Å². The lowest BCUT2D eigenvalue weighted by Gasteiger charge is -2.30. The van der Waals surface area contributed by atoms with Crippen LogP contribution in [0.15, 0.2) is 249 Å². The third-order valence-corrected chi connectivity index (χ3v) is 15.1. The molecule has 3 heterocycles. The molecule has 326 valence electrons. The molecule has 3 aromatic heterocycles. The van der Waals surface area contributed by atoms with Crippen LogP contribution in [0.2, 0.25) is 0 Å². The van der Waals surface area contributed by atoms with Crippen LogP contribution in [0.3, 0.4) is 0 Å². The Morgan fingerprint density at radius 1 is 0.304 bits per heavy atom. The average Bonchev–Trinajstić information content (AvgIpc) is 3.99. The van der Waals surface area contributed by atoms with Crippen LogP contribution in [-0.4, -0.2) is 9.97 Å². The second-order valence-corrected chi connectivity index (χ2v) is 19.1. The Labute approximate surface area is 407 Å². The van der Waals surface area contributed by atoms with E-state index in [1.807, 2.05) is 34.8 Å². The number of hydrogen-bond acceptors (Lipinski definition) is 7. The van der Waals surface area contributed by atoms with Crippen molar-refractivity contribution in [1.29, 1.82) is 0 Å². The minimum absolute atomic E-state index is 0.601. The average molecular weight is 920 g/mol. The van der Waals surface area contributed by atoms with Gasteiger partial charge in [-0.2, -0.15) is 0 Å². The summed E-state index contributed by atoms with van der Waals surface area (Å²) >= 11 is 3.68. The van der Waals surface area contributed by atoms with Crippen molar-refractivity contribution >= 4 is 125 Å². The van der Waals surface area contributed by atoms with Crippen molar-refractivity contribution in [1.82, 2.24) is 9.97 Å². The third kappa shape index (κ3) is 7.24. The van der Waals surface area contributed by atoms with Gasteiger partial charge in [-0.1, -0.05) is 152 Å². The number of para-hydroxylation sites is 5. The van der Waals surface area contributed by atoms with Gasteiger partial charge in [-0.15, -0.1) is 22.7 Å². The molecule has 0 bridgehead atoms. The Kier molecular flexibility index (Phi) is 10.1. The molecule has 0 radical (unpaired) electrons. The van der Waals surface area contributed by atoms with E-state index in [0.717, 1.165) is 73.0 Å². The number of hydrogen-bond donors (Lipinski definition) is 0. The van der Waals surface area contributed by atoms with Gasteiger partial charge in [0.05, 0.1) is 27.3 Å². The van der Waals surface area contributed by atoms with E-state index in [1.165, 1.54) is 35.0 Å². The van der Waals surface area contributed by atoms with E-state index < -0.39 is 0 Å². The van der Waals surface area contributed by atoms with E-state index in [4.69, 9.17) is 9.97 Å². The summed E-state index contributed by atoms with van der Waals surface area (Å²) in [6, 6.07) is 88.6. The van der Waals surface area contributed by atoms with Crippen molar-refractivity contribution < 1.29 is 0 Å². The van der Waals surface area contributed by atoms with Crippen LogP contribution in [-0.2, 0) is 0 Å². The molecule has 0 saturated heterocycles. The maximum Gasteiger partial charge on any atom is 0.235 e. The van der Waals surface area contributed by atoms with Crippen molar-refractivity contribution in [2.45, 2.75) is 0 Å². The number of rotatable bonds is 10. The molecule has 13 rings (SSSR count). The van der Waals surface area contributed by atoms with E-state index in [9.17, 15) is 0 Å². The first kappa shape index (κ1) is 40.6. The van der Waals surface area contributed by atoms with Crippen molar-refractivity contribution in [3.05, 3.63) is 249 Å². The molecule has 0 saturated carbocycles. The summed E-state index contributed by atoms with van der Waals surface area (Å²) in [4.78, 5) is 17.8. The number of aromatic nitrogens is 2. The van der Waals surface area contributed by atoms with Gasteiger partial charge in [0.1, 0.15) is 0 Å². The molecule has 7 heteroatoms. The fourth-order valence-corrected chi connectivity index (χ4v) is 12.1. The molecule has 5 nitrogen and oxygen atoms in total. The lowest BCUT2D eigenvalue weighted by molar-refractivity contribution is 1.11. The standard InChI is InChI=1S/C62H41N5S2/c1-6-21-42(22-7-1)60-51-32-16-18-34-53(51)63-62(64-60)67(46-29-14-5-15-30-46)47-37-38-57-52(39-47)59-55(65(43-23-8-2-9-24-43)44-25-10-3-11-26-44)40-48(41-58(59)68-57)66(45-27-12-4-13-28-45)54-35-20-33-50-49-31-17-19-36-56(49)69-61(50)54/h1-41H. The molecule has 0 atom stereocenters. The van der Waals surface area contributed by atoms with Crippen molar-refractivity contribution in [2.75, 3.05) is 14.7 Å². The number of anilines is 9. The van der Waals surface area contributed by atoms with Gasteiger partial charge in [0, 0.05) is 80.7 Å². The van der Waals surface area contributed by atoms with E-state index in [1.54, 1.807) is 0 Å². The minimum Gasteiger partial charge on any atom is -0.310 e. The second kappa shape index (κ2) is 17.2. The van der Waals surface area contributed by atoms with Crippen LogP contribution in [0.5, 0.6) is 0 Å². The number of benzene rings is 10. The molecule has 0 aliphatic carbocycles. The van der Waals surface area contributed by atoms with Crippen molar-refractivity contribution in [3.63, 3.8) is 0 Å². The molecule has 0 amide bonds. The van der Waals surface area contributed by atoms with Crippen LogP contribution in [0, 0.1) is 0 Å². The van der Waals surface area contributed by atoms with Gasteiger partial charge in [0.25, 0.3) is 0 Å². The highest BCUT2D eigenvalue weighted by Crippen LogP contribution is 2.52. The monoisotopic (exact) mass is 919 g/mol. The van der Waals surface area contributed by atoms with E-state index in [0.29, 0.717) is 5.95 Å². The zero-order chi connectivity index (χ0) is 45.7. The van der Waals surface area contributed by atoms with E-state index in [-0.39, 0.29) is 0 Å². The highest BCUT2D eigenvalue weighted by atomic mass is 32.1. The quantitative estimate of drug-likeness (QED) is 0.137. The first-order chi connectivity index (χ1) is 34.2. The highest BCUT2D eigenvalue weighted by molar-refractivity contribution is 7.26. The van der Waals surface area contributed by atoms with Crippen LogP contribution < -0.4 is 14.7 Å². The predicted molar refractivity (Wildman–Crippen MR) is 295 cm³/mol. The molecule has 0 fully saturated rings. The number of thiophene rings is 2. The predicted octanol–water partition coefficient (Wildman–Crippen LogP) is 18.4. The van der Waals surface area contributed by atoms with Gasteiger partial charge in [0.15, 0.2) is 0 Å². The van der Waals surface area contributed by atoms with Gasteiger partial charge in [-0.05, 0) is 97.1 Å². The molecular formula is C62H41N5S2. The maximum absolute atomic E-state index is 5.41. The van der Waals surface area contributed by atoms with Gasteiger partial charge in [-0.3, -0.25) is 4.90 Å². The summed E-state index contributed by atoms with van der Waals surface area (Å²) in [6.45, 7) is 0. The van der Waals surface area contributed by atoms with Gasteiger partial charge in [-0.25, -0.2) is 9.97 Å². The van der Waals surface area contributed by atoms with Crippen molar-refractivity contribution in [2.24, 2.45) is 0 Å². The Balaban J connectivity index is 1.09. The zero-order valence-electron chi connectivity index (χ0n) is 37.2. The summed E-state index contributed by atoms with van der Waals surface area (Å²) < 4.78 is 4.89. The Hall–Kier alpha value is -8.62. The lowest BCUT2D eigenvalue weighted by Crippen LogP contribution is -2.14. The molecular weight excluding hydrogens is 879 g/mol. The molecule has 0 aliphatic heterocycles. The normalized spacial score (nSPS) is 11.5. The molecule has 69 heavy (non-hydrogen) atoms. The third-order valence-electron chi connectivity index (χ3n) is 12.8. The molecule has 0 unspecified atom stereocenters. The molecule has 0 N–H and O–H groups in total. The smallest absolute Gasteiger partial charge is 0.235 e. The Morgan fingerprint density at radius 2 is 0.841 bits per heavy atom. The fraction of sp³-hybridized carbons (Fsp3) is 0. The summed E-state index contributed by atoms with van der Waals surface area (Å²) in [5, 5.41) is 5.86. The summed E-state index contributed by atoms with van der Waals surface area (Å²) in [7, 11) is 0. The molecule has 13 aromatic rings. The van der Waals surface area contributed by atoms with Crippen LogP contribution in [0.25, 0.3) is 62.5 Å². The first-order valence-corrected chi connectivity index (χ1v) is 24.7. The molecule has 10 aromatic carbocycles. The van der Waals surface area contributed by atoms with Crippen LogP contribution in [0.4, 0.5) is 51.4 Å². The second-order valence-electron chi connectivity index (χ2n) is 17.0. The minimum atomic E-state index is 0.601. The Morgan fingerprint density at radius 3 is 1.51 bits per heavy atom. The summed E-state index contributed by atoms with van der Waals surface area (Å²) in [5.41, 5.74) is 11.3. The molecule has 0 spiro atoms. The summed E-state index contributed by atoms with van der Waals surface area (Å²) in [5.74, 6) is 0.601. The van der Waals surface area contributed by atoms with Gasteiger partial charge in [0.2, 0.25) is 5.95 Å². The van der Waals surface area contributed by atoms with Crippen LogP contribution >= 0.6 is 22.7 Å². The first-order valence-electron chi connectivity index (χ1n) is 23.1. The SMILES string of the molecule is c1ccc(-c2nc(N(c3ccccc3)c3ccc4sc5cc(N(c6ccccc6)c6cccc7c6sc6ccccc67)cc(N(c6ccccc6)c6ccccc6)c5c4c3)nc3ccccc23)cc1. The fourth-order valence-electron chi connectivity index (χ4n) is 9.73. The van der Waals surface area contributed by atoms with Crippen molar-refractivity contribution in [3.8, 4) is 11.3 Å². The number of fused-ring (bicyclic) bond motifs is 7. The Bertz CT molecular complexity index is 3930. The highest BCUT2D eigenvalue weighted by Gasteiger charge is 2.26. The molecule has 0 aliphatic rings. The largest absolute Gasteiger partial charge is 0.310 e. The van der Waals surface area contributed by atoms with E-state index in [2.05, 4.69) is 251 Å². The maximum atomic E-state index is 5.41. The van der Waals surface area contributed by atoms with Crippen LogP contribution in [0.1, 0.15) is 0 Å². The van der Waals surface area contributed by atoms with Gasteiger partial charge >= 0.3 is 0 Å². The summed E-state index contributed by atoms with van der Waals surface area (Å²) in [6.07, 6.45) is 0. The zero-order valence-corrected chi connectivity index (χ0v) is 38.9. The topological polar surface area (TPSA) is 35.5 Å². The lowest BCUT2D eigenvalue weighted by atomic mass is 10.0.